The van der Waals surface area contributed by atoms with Gasteiger partial charge in [0.1, 0.15) is 0 Å². The third kappa shape index (κ3) is 9.08. The maximum Gasteiger partial charge on any atom is 0.305 e. The summed E-state index contributed by atoms with van der Waals surface area (Å²) in [5.74, 6) is 5.68. The molecule has 0 spiro atoms. The summed E-state index contributed by atoms with van der Waals surface area (Å²) in [6.45, 7) is 5.87. The Morgan fingerprint density at radius 2 is 2.21 bits per heavy atom. The summed E-state index contributed by atoms with van der Waals surface area (Å²) in [5.41, 5.74) is 0. The zero-order valence-electron chi connectivity index (χ0n) is 9.06. The van der Waals surface area contributed by atoms with E-state index in [0.29, 0.717) is 13.0 Å². The van der Waals surface area contributed by atoms with Gasteiger partial charge >= 0.3 is 5.97 Å². The number of hydrogen-bond donors (Lipinski definition) is 1. The van der Waals surface area contributed by atoms with Crippen LogP contribution in [0.15, 0.2) is 0 Å². The predicted octanol–water partition coefficient (Wildman–Crippen LogP) is 1.33. The second kappa shape index (κ2) is 10.1. The van der Waals surface area contributed by atoms with Crippen LogP contribution < -0.4 is 5.32 Å². The summed E-state index contributed by atoms with van der Waals surface area (Å²) in [5, 5.41) is 3.21. The Bertz CT molecular complexity index is 203. The molecule has 3 nitrogen and oxygen atoms in total. The highest BCUT2D eigenvalue weighted by Crippen LogP contribution is 1.91. The molecule has 0 atom stereocenters. The molecule has 80 valence electrons. The van der Waals surface area contributed by atoms with Gasteiger partial charge in [0.25, 0.3) is 0 Å². The molecular weight excluding hydrogens is 178 g/mol. The van der Waals surface area contributed by atoms with E-state index in [1.54, 1.807) is 0 Å². The highest BCUT2D eigenvalue weighted by molar-refractivity contribution is 5.69. The van der Waals surface area contributed by atoms with Gasteiger partial charge in [0, 0.05) is 19.4 Å². The van der Waals surface area contributed by atoms with Crippen molar-refractivity contribution in [2.24, 2.45) is 0 Å². The molecule has 0 aliphatic rings. The highest BCUT2D eigenvalue weighted by Gasteiger charge is 1.99. The molecule has 0 aromatic rings. The van der Waals surface area contributed by atoms with Crippen molar-refractivity contribution < 1.29 is 9.53 Å². The van der Waals surface area contributed by atoms with Gasteiger partial charge in [-0.1, -0.05) is 0 Å². The Balaban J connectivity index is 3.11. The van der Waals surface area contributed by atoms with Crippen LogP contribution >= 0.6 is 0 Å². The average molecular weight is 197 g/mol. The molecular formula is C11H19NO2. The molecule has 14 heavy (non-hydrogen) atoms. The van der Waals surface area contributed by atoms with E-state index < -0.39 is 0 Å². The van der Waals surface area contributed by atoms with Crippen molar-refractivity contribution in [3.8, 4) is 11.8 Å². The number of hydrogen-bond acceptors (Lipinski definition) is 3. The van der Waals surface area contributed by atoms with E-state index in [-0.39, 0.29) is 5.97 Å². The Labute approximate surface area is 86.2 Å². The Hall–Kier alpha value is -1.01. The van der Waals surface area contributed by atoms with E-state index in [9.17, 15) is 4.79 Å². The van der Waals surface area contributed by atoms with Crippen LogP contribution in [0.5, 0.6) is 0 Å². The number of ether oxygens (including phenoxy) is 1. The van der Waals surface area contributed by atoms with Crippen LogP contribution in [0.3, 0.4) is 0 Å². The minimum Gasteiger partial charge on any atom is -0.466 e. The van der Waals surface area contributed by atoms with Gasteiger partial charge in [-0.05, 0) is 26.8 Å². The lowest BCUT2D eigenvalue weighted by Crippen LogP contribution is -2.17. The summed E-state index contributed by atoms with van der Waals surface area (Å²) in [6.07, 6.45) is 2.20. The van der Waals surface area contributed by atoms with Crippen LogP contribution in [-0.2, 0) is 9.53 Å². The molecule has 0 fully saturated rings. The molecule has 0 aromatic heterocycles. The number of carbonyl (C=O) groups is 1. The summed E-state index contributed by atoms with van der Waals surface area (Å²) < 4.78 is 4.80. The topological polar surface area (TPSA) is 38.3 Å². The Morgan fingerprint density at radius 1 is 1.43 bits per heavy atom. The number of nitrogens with one attached hydrogen (secondary N) is 1. The molecule has 0 saturated carbocycles. The first-order valence-electron chi connectivity index (χ1n) is 5.07. The zero-order chi connectivity index (χ0) is 10.6. The molecule has 3 heteroatoms. The van der Waals surface area contributed by atoms with E-state index in [0.717, 1.165) is 25.9 Å². The fraction of sp³-hybridized carbons (Fsp3) is 0.727. The van der Waals surface area contributed by atoms with E-state index in [2.05, 4.69) is 17.2 Å². The molecule has 0 unspecified atom stereocenters. The Morgan fingerprint density at radius 3 is 2.86 bits per heavy atom. The standard InChI is InChI=1S/C11H19NO2/c1-3-5-6-9-12-10-7-8-11(13)14-4-2/h12H,4,6-10H2,1-2H3. The molecule has 0 aromatic carbocycles. The second-order valence-electron chi connectivity index (χ2n) is 2.84. The van der Waals surface area contributed by atoms with Crippen LogP contribution in [0.1, 0.15) is 33.1 Å². The summed E-state index contributed by atoms with van der Waals surface area (Å²) in [7, 11) is 0. The fourth-order valence-corrected chi connectivity index (χ4v) is 0.992. The first-order chi connectivity index (χ1) is 6.81. The molecule has 0 saturated heterocycles. The fourth-order valence-electron chi connectivity index (χ4n) is 0.992. The van der Waals surface area contributed by atoms with Crippen molar-refractivity contribution in [2.45, 2.75) is 33.1 Å². The van der Waals surface area contributed by atoms with Crippen LogP contribution in [0.4, 0.5) is 0 Å². The SMILES string of the molecule is CC#CCCNCCCC(=O)OCC. The average Bonchev–Trinajstić information content (AvgIpc) is 2.17. The van der Waals surface area contributed by atoms with Gasteiger partial charge < -0.3 is 10.1 Å². The second-order valence-corrected chi connectivity index (χ2v) is 2.84. The largest absolute Gasteiger partial charge is 0.466 e. The predicted molar refractivity (Wildman–Crippen MR) is 56.8 cm³/mol. The van der Waals surface area contributed by atoms with Gasteiger partial charge in [0.15, 0.2) is 0 Å². The van der Waals surface area contributed by atoms with Gasteiger partial charge in [-0.15, -0.1) is 11.8 Å². The maximum absolute atomic E-state index is 10.9. The summed E-state index contributed by atoms with van der Waals surface area (Å²) in [4.78, 5) is 10.9. The van der Waals surface area contributed by atoms with Crippen molar-refractivity contribution in [3.05, 3.63) is 0 Å². The smallest absolute Gasteiger partial charge is 0.305 e. The molecule has 0 radical (unpaired) electrons. The molecule has 0 aliphatic heterocycles. The van der Waals surface area contributed by atoms with E-state index in [1.165, 1.54) is 0 Å². The first kappa shape index (κ1) is 13.0. The lowest BCUT2D eigenvalue weighted by atomic mass is 10.3. The lowest BCUT2D eigenvalue weighted by Gasteiger charge is -2.02. The van der Waals surface area contributed by atoms with Crippen LogP contribution in [-0.4, -0.2) is 25.7 Å². The summed E-state index contributed by atoms with van der Waals surface area (Å²) >= 11 is 0. The Kier molecular flexibility index (Phi) is 9.35. The third-order valence-corrected chi connectivity index (χ3v) is 1.64. The monoisotopic (exact) mass is 197 g/mol. The molecule has 0 rings (SSSR count). The zero-order valence-corrected chi connectivity index (χ0v) is 9.06. The van der Waals surface area contributed by atoms with E-state index in [1.807, 2.05) is 13.8 Å². The third-order valence-electron chi connectivity index (χ3n) is 1.64. The van der Waals surface area contributed by atoms with Crippen molar-refractivity contribution in [1.29, 1.82) is 0 Å². The van der Waals surface area contributed by atoms with Crippen molar-refractivity contribution in [3.63, 3.8) is 0 Å². The van der Waals surface area contributed by atoms with Crippen molar-refractivity contribution >= 4 is 5.97 Å². The minimum absolute atomic E-state index is 0.109. The molecule has 0 bridgehead atoms. The van der Waals surface area contributed by atoms with Crippen molar-refractivity contribution in [1.82, 2.24) is 5.32 Å². The molecule has 0 aliphatic carbocycles. The number of esters is 1. The van der Waals surface area contributed by atoms with Crippen molar-refractivity contribution in [2.75, 3.05) is 19.7 Å². The molecule has 0 amide bonds. The van der Waals surface area contributed by atoms with Crippen LogP contribution in [0.2, 0.25) is 0 Å². The molecule has 1 N–H and O–H groups in total. The van der Waals surface area contributed by atoms with Gasteiger partial charge in [-0.3, -0.25) is 4.79 Å². The number of carbonyl (C=O) groups excluding carboxylic acids is 1. The van der Waals surface area contributed by atoms with E-state index >= 15 is 0 Å². The van der Waals surface area contributed by atoms with Crippen LogP contribution in [0, 0.1) is 11.8 Å². The highest BCUT2D eigenvalue weighted by atomic mass is 16.5. The minimum atomic E-state index is -0.109. The first-order valence-corrected chi connectivity index (χ1v) is 5.07. The number of rotatable bonds is 7. The lowest BCUT2D eigenvalue weighted by molar-refractivity contribution is -0.143. The maximum atomic E-state index is 10.9. The van der Waals surface area contributed by atoms with Gasteiger partial charge in [-0.25, -0.2) is 0 Å². The van der Waals surface area contributed by atoms with Gasteiger partial charge in [-0.2, -0.15) is 0 Å². The van der Waals surface area contributed by atoms with Gasteiger partial charge in [0.2, 0.25) is 0 Å². The molecule has 0 heterocycles. The normalized spacial score (nSPS) is 9.00. The van der Waals surface area contributed by atoms with Crippen LogP contribution in [0.25, 0.3) is 0 Å². The quantitative estimate of drug-likeness (QED) is 0.380. The van der Waals surface area contributed by atoms with Gasteiger partial charge in [0.05, 0.1) is 6.61 Å². The van der Waals surface area contributed by atoms with E-state index in [4.69, 9.17) is 4.74 Å². The summed E-state index contributed by atoms with van der Waals surface area (Å²) in [6, 6.07) is 0.